The molecule has 0 aromatic rings. The summed E-state index contributed by atoms with van der Waals surface area (Å²) in [5, 5.41) is 0. The van der Waals surface area contributed by atoms with Crippen LogP contribution in [0.4, 0.5) is 0 Å². The molecule has 0 unspecified atom stereocenters. The molecule has 0 aliphatic carbocycles. The van der Waals surface area contributed by atoms with Gasteiger partial charge in [0.25, 0.3) is 0 Å². The number of nitrogens with zero attached hydrogens (tertiary/aromatic N) is 1. The van der Waals surface area contributed by atoms with Crippen LogP contribution in [0.5, 0.6) is 0 Å². The minimum Gasteiger partial charge on any atom is -0.412 e. The second-order valence-electron chi connectivity index (χ2n) is 0.112. The Balaban J connectivity index is 0. The van der Waals surface area contributed by atoms with E-state index < -0.39 is 0 Å². The summed E-state index contributed by atoms with van der Waals surface area (Å²) in [4.78, 5) is 2.00. The van der Waals surface area contributed by atoms with Gasteiger partial charge in [-0.2, -0.15) is 0 Å². The lowest BCUT2D eigenvalue weighted by molar-refractivity contribution is 0.824. The third-order valence-corrected chi connectivity index (χ3v) is 0. The van der Waals surface area contributed by atoms with Crippen molar-refractivity contribution >= 4 is 0 Å². The van der Waals surface area contributed by atoms with Gasteiger partial charge in [0, 0.05) is 0 Å². The summed E-state index contributed by atoms with van der Waals surface area (Å²) in [5.74, 6) is 0. The molecule has 4 N–H and O–H groups in total. The van der Waals surface area contributed by atoms with Gasteiger partial charge in [0.1, 0.15) is 11.1 Å². The van der Waals surface area contributed by atoms with Gasteiger partial charge in [0.05, 0.1) is 0 Å². The van der Waals surface area contributed by atoms with Crippen molar-refractivity contribution in [1.29, 1.82) is 11.1 Å². The Kier molecular flexibility index (Phi) is 131. The normalized spacial score (nSPS) is 2.00. The fourth-order valence-electron chi connectivity index (χ4n) is 0. The van der Waals surface area contributed by atoms with Crippen LogP contribution in [0.2, 0.25) is 0 Å². The van der Waals surface area contributed by atoms with Crippen LogP contribution < -0.4 is 4.91 Å². The number of nitrogens with one attached hydrogen (secondary N) is 2. The van der Waals surface area contributed by atoms with Crippen molar-refractivity contribution in [2.24, 2.45) is 0 Å². The quantitative estimate of drug-likeness (QED) is 0.274. The monoisotopic (exact) mass is 62.0 g/mol. The first-order valence-electron chi connectivity index (χ1n) is 0.447. The van der Waals surface area contributed by atoms with Crippen LogP contribution in [0.1, 0.15) is 0 Å². The maximum absolute atomic E-state index is 5.50. The fraction of sp³-hybridized carbons (Fsp3) is 0. The molecule has 0 rings (SSSR count). The smallest absolute Gasteiger partial charge is 0.211 e. The van der Waals surface area contributed by atoms with Crippen molar-refractivity contribution in [2.45, 2.75) is 0 Å². The lowest BCUT2D eigenvalue weighted by Crippen LogP contribution is -1.24. The summed E-state index contributed by atoms with van der Waals surface area (Å²) >= 11 is 0. The minimum absolute atomic E-state index is 0. The highest BCUT2D eigenvalue weighted by atomic mass is 16.0. The van der Waals surface area contributed by atoms with Crippen molar-refractivity contribution in [1.82, 2.24) is 4.91 Å². The van der Waals surface area contributed by atoms with E-state index in [9.17, 15) is 0 Å². The van der Waals surface area contributed by atoms with Crippen molar-refractivity contribution in [3.05, 3.63) is 0 Å². The molecule has 0 aromatic heterocycles. The van der Waals surface area contributed by atoms with Gasteiger partial charge in [-0.1, -0.05) is 0 Å². The Morgan fingerprint density at radius 2 is 1.25 bits per heavy atom. The lowest BCUT2D eigenvalue weighted by atomic mass is 13.0. The molecule has 0 atom stereocenters. The molecule has 0 saturated heterocycles. The molecule has 0 aromatic carbocycles. The number of hydrogen-bond acceptors (Lipinski definition) is 2. The Hall–Kier alpha value is -0.730. The molecule has 0 aliphatic heterocycles. The van der Waals surface area contributed by atoms with Gasteiger partial charge in [0.15, 0.2) is 0 Å². The molecule has 4 heteroatoms. The van der Waals surface area contributed by atoms with Crippen molar-refractivity contribution in [3.8, 4) is 0 Å². The van der Waals surface area contributed by atoms with Crippen LogP contribution in [-0.2, 0) is 0 Å². The zero-order valence-corrected chi connectivity index (χ0v) is 1.95. The topological polar surface area (TPSA) is 93.3 Å². The summed E-state index contributed by atoms with van der Waals surface area (Å²) in [6.45, 7) is 0. The average molecular weight is 62.1 g/mol. The van der Waals surface area contributed by atoms with Crippen molar-refractivity contribution < 1.29 is 5.48 Å². The first-order chi connectivity index (χ1) is 1.41. The standard InChI is InChI=1S/H2N3.H2O/c1-3-2;/h1-2H;1H2/q+1;. The maximum Gasteiger partial charge on any atom is 0.211 e. The van der Waals surface area contributed by atoms with Crippen LogP contribution in [0.15, 0.2) is 0 Å². The van der Waals surface area contributed by atoms with Crippen LogP contribution in [0, 0.1) is 11.1 Å². The van der Waals surface area contributed by atoms with E-state index in [1.807, 2.05) is 4.91 Å². The van der Waals surface area contributed by atoms with E-state index in [1.54, 1.807) is 0 Å². The van der Waals surface area contributed by atoms with Crippen molar-refractivity contribution in [2.75, 3.05) is 0 Å². The van der Waals surface area contributed by atoms with Gasteiger partial charge in [-0.25, -0.2) is 0 Å². The minimum atomic E-state index is 0. The molecule has 0 radical (unpaired) electrons. The predicted molar refractivity (Wildman–Crippen MR) is 11.2 cm³/mol. The summed E-state index contributed by atoms with van der Waals surface area (Å²) in [6.07, 6.45) is 0. The molecule has 0 bridgehead atoms. The van der Waals surface area contributed by atoms with Crippen LogP contribution in [-0.4, -0.2) is 5.48 Å². The fourth-order valence-corrected chi connectivity index (χ4v) is 0. The highest BCUT2D eigenvalue weighted by Gasteiger charge is 1.16. The van der Waals surface area contributed by atoms with E-state index in [-0.39, 0.29) is 5.48 Å². The van der Waals surface area contributed by atoms with E-state index in [1.165, 1.54) is 0 Å². The van der Waals surface area contributed by atoms with Gasteiger partial charge in [-0.15, -0.1) is 0 Å². The molecule has 0 fully saturated rings. The highest BCUT2D eigenvalue weighted by Crippen LogP contribution is 0.841. The van der Waals surface area contributed by atoms with Crippen LogP contribution in [0.3, 0.4) is 0 Å². The summed E-state index contributed by atoms with van der Waals surface area (Å²) in [7, 11) is 0. The number of rotatable bonds is 0. The average Bonchev–Trinajstić information content (AvgIpc) is 0.918. The second-order valence-corrected chi connectivity index (χ2v) is 0.112. The first kappa shape index (κ1) is 10.4. The maximum atomic E-state index is 5.50. The second kappa shape index (κ2) is 50.2. The summed E-state index contributed by atoms with van der Waals surface area (Å²) in [5.41, 5.74) is 11.0. The lowest BCUT2D eigenvalue weighted by Gasteiger charge is -0.844. The molecular weight excluding hydrogens is 58.0 g/mol. The molecule has 4 nitrogen and oxygen atoms in total. The SMILES string of the molecule is N=[N+]=N.O. The zero-order chi connectivity index (χ0) is 2.71. The van der Waals surface area contributed by atoms with Gasteiger partial charge in [-0.05, 0) is 0 Å². The molecule has 0 spiro atoms. The molecular formula is H4N3O+. The molecule has 0 heterocycles. The van der Waals surface area contributed by atoms with E-state index in [0.717, 1.165) is 0 Å². The Bertz CT molecular complexity index is 24.3. The van der Waals surface area contributed by atoms with E-state index in [2.05, 4.69) is 0 Å². The molecule has 0 saturated carbocycles. The summed E-state index contributed by atoms with van der Waals surface area (Å²) in [6, 6.07) is 0. The van der Waals surface area contributed by atoms with E-state index in [0.29, 0.717) is 0 Å². The Morgan fingerprint density at radius 3 is 1.25 bits per heavy atom. The molecule has 0 amide bonds. The largest absolute Gasteiger partial charge is 0.412 e. The van der Waals surface area contributed by atoms with E-state index >= 15 is 0 Å². The van der Waals surface area contributed by atoms with Gasteiger partial charge < -0.3 is 5.48 Å². The first-order valence-corrected chi connectivity index (χ1v) is 0.447. The van der Waals surface area contributed by atoms with Crippen LogP contribution >= 0.6 is 0 Å². The van der Waals surface area contributed by atoms with E-state index in [4.69, 9.17) is 11.1 Å². The third kappa shape index (κ3) is 0.174. The predicted octanol–water partition coefficient (Wildman–Crippen LogP) is -0.709. The van der Waals surface area contributed by atoms with Crippen molar-refractivity contribution in [3.63, 3.8) is 0 Å². The Morgan fingerprint density at radius 1 is 1.25 bits per heavy atom. The molecule has 4 heavy (non-hydrogen) atoms. The number of hydrogen-bond donors (Lipinski definition) is 2. The van der Waals surface area contributed by atoms with Gasteiger partial charge >= 0.3 is 0 Å². The summed E-state index contributed by atoms with van der Waals surface area (Å²) < 4.78 is 0. The van der Waals surface area contributed by atoms with Crippen LogP contribution in [0.25, 0.3) is 0 Å². The zero-order valence-electron chi connectivity index (χ0n) is 1.95. The molecule has 24 valence electrons. The third-order valence-electron chi connectivity index (χ3n) is 0. The van der Waals surface area contributed by atoms with Gasteiger partial charge in [-0.3, -0.25) is 0 Å². The molecule has 0 aliphatic rings. The highest BCUT2D eigenvalue weighted by molar-refractivity contribution is 2.96. The van der Waals surface area contributed by atoms with Gasteiger partial charge in [0.2, 0.25) is 4.91 Å². The Labute approximate surface area is 22.8 Å².